The standard InChI is InChI=1S/C18H19FN2O3/c1-18(2,13-4-6-14(19)7-5-13)21-17(22)20-10-12-3-8-15-16(9-12)24-11-23-15/h3-9H,10-11H2,1-2H3,(H2,20,21,22). The molecule has 0 saturated carbocycles. The number of nitrogens with one attached hydrogen (secondary N) is 2. The van der Waals surface area contributed by atoms with Crippen LogP contribution in [0.3, 0.4) is 0 Å². The molecule has 0 spiro atoms. The molecule has 6 heteroatoms. The number of halogens is 1. The first-order chi connectivity index (χ1) is 11.4. The van der Waals surface area contributed by atoms with Crippen LogP contribution >= 0.6 is 0 Å². The van der Waals surface area contributed by atoms with Gasteiger partial charge in [0, 0.05) is 6.54 Å². The van der Waals surface area contributed by atoms with E-state index < -0.39 is 5.54 Å². The minimum absolute atomic E-state index is 0.221. The van der Waals surface area contributed by atoms with Crippen LogP contribution < -0.4 is 20.1 Å². The molecule has 2 amide bonds. The molecule has 3 rings (SSSR count). The predicted octanol–water partition coefficient (Wildman–Crippen LogP) is 3.29. The fourth-order valence-electron chi connectivity index (χ4n) is 2.50. The first-order valence-corrected chi connectivity index (χ1v) is 7.65. The van der Waals surface area contributed by atoms with Gasteiger partial charge >= 0.3 is 6.03 Å². The Balaban J connectivity index is 1.58. The van der Waals surface area contributed by atoms with Crippen molar-refractivity contribution in [1.82, 2.24) is 10.6 Å². The lowest BCUT2D eigenvalue weighted by Crippen LogP contribution is -2.46. The Morgan fingerprint density at radius 1 is 1.12 bits per heavy atom. The van der Waals surface area contributed by atoms with Crippen LogP contribution in [0.25, 0.3) is 0 Å². The Labute approximate surface area is 139 Å². The summed E-state index contributed by atoms with van der Waals surface area (Å²) in [5, 5.41) is 5.69. The molecule has 0 radical (unpaired) electrons. The van der Waals surface area contributed by atoms with Crippen molar-refractivity contribution in [1.29, 1.82) is 0 Å². The Morgan fingerprint density at radius 3 is 2.58 bits per heavy atom. The Morgan fingerprint density at radius 2 is 1.83 bits per heavy atom. The number of hydrogen-bond donors (Lipinski definition) is 2. The molecule has 0 aliphatic carbocycles. The van der Waals surface area contributed by atoms with E-state index in [9.17, 15) is 9.18 Å². The maximum Gasteiger partial charge on any atom is 0.315 e. The van der Waals surface area contributed by atoms with E-state index in [0.29, 0.717) is 18.0 Å². The molecule has 0 bridgehead atoms. The highest BCUT2D eigenvalue weighted by Crippen LogP contribution is 2.32. The van der Waals surface area contributed by atoms with Crippen LogP contribution in [-0.2, 0) is 12.1 Å². The highest BCUT2D eigenvalue weighted by atomic mass is 19.1. The summed E-state index contributed by atoms with van der Waals surface area (Å²) < 4.78 is 23.6. The summed E-state index contributed by atoms with van der Waals surface area (Å²) in [6.07, 6.45) is 0. The van der Waals surface area contributed by atoms with E-state index in [1.54, 1.807) is 12.1 Å². The van der Waals surface area contributed by atoms with E-state index >= 15 is 0 Å². The minimum Gasteiger partial charge on any atom is -0.454 e. The average Bonchev–Trinajstić information content (AvgIpc) is 3.00. The lowest BCUT2D eigenvalue weighted by Gasteiger charge is -2.27. The predicted molar refractivity (Wildman–Crippen MR) is 87.4 cm³/mol. The van der Waals surface area contributed by atoms with Gasteiger partial charge < -0.3 is 20.1 Å². The summed E-state index contributed by atoms with van der Waals surface area (Å²) in [6.45, 7) is 4.31. The molecule has 0 fully saturated rings. The van der Waals surface area contributed by atoms with E-state index in [1.807, 2.05) is 32.0 Å². The highest BCUT2D eigenvalue weighted by Gasteiger charge is 2.22. The molecule has 0 atom stereocenters. The fraction of sp³-hybridized carbons (Fsp3) is 0.278. The summed E-state index contributed by atoms with van der Waals surface area (Å²) >= 11 is 0. The van der Waals surface area contributed by atoms with Crippen molar-refractivity contribution in [3.63, 3.8) is 0 Å². The smallest absolute Gasteiger partial charge is 0.315 e. The third-order valence-electron chi connectivity index (χ3n) is 3.88. The van der Waals surface area contributed by atoms with Gasteiger partial charge in [0.2, 0.25) is 6.79 Å². The van der Waals surface area contributed by atoms with Gasteiger partial charge in [-0.05, 0) is 49.2 Å². The summed E-state index contributed by atoms with van der Waals surface area (Å²) in [5.74, 6) is 1.09. The molecule has 1 aliphatic heterocycles. The number of urea groups is 1. The van der Waals surface area contributed by atoms with Crippen LogP contribution in [0.1, 0.15) is 25.0 Å². The third-order valence-corrected chi connectivity index (χ3v) is 3.88. The van der Waals surface area contributed by atoms with Gasteiger partial charge in [0.25, 0.3) is 0 Å². The van der Waals surface area contributed by atoms with Crippen LogP contribution in [0, 0.1) is 5.82 Å². The number of hydrogen-bond acceptors (Lipinski definition) is 3. The van der Waals surface area contributed by atoms with Crippen LogP contribution in [0.4, 0.5) is 9.18 Å². The molecule has 1 heterocycles. The van der Waals surface area contributed by atoms with Gasteiger partial charge in [0.15, 0.2) is 11.5 Å². The topological polar surface area (TPSA) is 59.6 Å². The Kier molecular flexibility index (Phi) is 4.29. The molecule has 0 aromatic heterocycles. The zero-order valence-corrected chi connectivity index (χ0v) is 13.6. The van der Waals surface area contributed by atoms with Crippen LogP contribution in [0.2, 0.25) is 0 Å². The highest BCUT2D eigenvalue weighted by molar-refractivity contribution is 5.75. The summed E-state index contributed by atoms with van der Waals surface area (Å²) in [5.41, 5.74) is 1.11. The van der Waals surface area contributed by atoms with Gasteiger partial charge in [-0.1, -0.05) is 18.2 Å². The fourth-order valence-corrected chi connectivity index (χ4v) is 2.50. The van der Waals surface area contributed by atoms with Crippen molar-refractivity contribution in [3.05, 3.63) is 59.4 Å². The monoisotopic (exact) mass is 330 g/mol. The van der Waals surface area contributed by atoms with Crippen molar-refractivity contribution in [2.75, 3.05) is 6.79 Å². The van der Waals surface area contributed by atoms with Crippen LogP contribution in [0.15, 0.2) is 42.5 Å². The van der Waals surface area contributed by atoms with E-state index in [4.69, 9.17) is 9.47 Å². The molecular formula is C18H19FN2O3. The minimum atomic E-state index is -0.618. The summed E-state index contributed by atoms with van der Waals surface area (Å²) in [4.78, 5) is 12.2. The first-order valence-electron chi connectivity index (χ1n) is 7.65. The number of carbonyl (C=O) groups is 1. The van der Waals surface area contributed by atoms with Crippen molar-refractivity contribution in [2.45, 2.75) is 25.9 Å². The van der Waals surface area contributed by atoms with Gasteiger partial charge in [-0.3, -0.25) is 0 Å². The van der Waals surface area contributed by atoms with Crippen molar-refractivity contribution >= 4 is 6.03 Å². The number of ether oxygens (including phenoxy) is 2. The molecule has 24 heavy (non-hydrogen) atoms. The van der Waals surface area contributed by atoms with E-state index in [-0.39, 0.29) is 18.6 Å². The number of fused-ring (bicyclic) bond motifs is 1. The molecule has 0 unspecified atom stereocenters. The van der Waals surface area contributed by atoms with Crippen LogP contribution in [0.5, 0.6) is 11.5 Å². The average molecular weight is 330 g/mol. The van der Waals surface area contributed by atoms with Gasteiger partial charge in [-0.2, -0.15) is 0 Å². The van der Waals surface area contributed by atoms with E-state index in [0.717, 1.165) is 11.1 Å². The number of rotatable bonds is 4. The molecule has 0 saturated heterocycles. The van der Waals surface area contributed by atoms with Crippen molar-refractivity contribution < 1.29 is 18.7 Å². The quantitative estimate of drug-likeness (QED) is 0.904. The maximum atomic E-state index is 13.0. The lowest BCUT2D eigenvalue weighted by atomic mass is 9.94. The second-order valence-electron chi connectivity index (χ2n) is 6.13. The van der Waals surface area contributed by atoms with Gasteiger partial charge in [-0.15, -0.1) is 0 Å². The molecule has 5 nitrogen and oxygen atoms in total. The number of amides is 2. The number of benzene rings is 2. The zero-order chi connectivity index (χ0) is 17.2. The first kappa shape index (κ1) is 16.1. The van der Waals surface area contributed by atoms with Crippen LogP contribution in [-0.4, -0.2) is 12.8 Å². The molecule has 2 aromatic carbocycles. The zero-order valence-electron chi connectivity index (χ0n) is 13.6. The third kappa shape index (κ3) is 3.59. The normalized spacial score (nSPS) is 12.8. The van der Waals surface area contributed by atoms with Gasteiger partial charge in [0.05, 0.1) is 5.54 Å². The molecule has 2 aromatic rings. The molecular weight excluding hydrogens is 311 g/mol. The van der Waals surface area contributed by atoms with E-state index in [2.05, 4.69) is 10.6 Å². The Hall–Kier alpha value is -2.76. The maximum absolute atomic E-state index is 13.0. The Bertz CT molecular complexity index is 744. The van der Waals surface area contributed by atoms with Gasteiger partial charge in [0.1, 0.15) is 5.82 Å². The van der Waals surface area contributed by atoms with Gasteiger partial charge in [-0.25, -0.2) is 9.18 Å². The van der Waals surface area contributed by atoms with Crippen molar-refractivity contribution in [3.8, 4) is 11.5 Å². The second-order valence-corrected chi connectivity index (χ2v) is 6.13. The molecule has 1 aliphatic rings. The second kappa shape index (κ2) is 6.39. The lowest BCUT2D eigenvalue weighted by molar-refractivity contribution is 0.174. The molecule has 126 valence electrons. The van der Waals surface area contributed by atoms with E-state index in [1.165, 1.54) is 12.1 Å². The SMILES string of the molecule is CC(C)(NC(=O)NCc1ccc2c(c1)OCO2)c1ccc(F)cc1. The molecule has 2 N–H and O–H groups in total. The van der Waals surface area contributed by atoms with Crippen molar-refractivity contribution in [2.24, 2.45) is 0 Å². The largest absolute Gasteiger partial charge is 0.454 e. The summed E-state index contributed by atoms with van der Waals surface area (Å²) in [6, 6.07) is 11.3. The number of carbonyl (C=O) groups excluding carboxylic acids is 1. The summed E-state index contributed by atoms with van der Waals surface area (Å²) in [7, 11) is 0.